The van der Waals surface area contributed by atoms with Crippen LogP contribution in [0.15, 0.2) is 122 Å². The van der Waals surface area contributed by atoms with Gasteiger partial charge < -0.3 is 4.57 Å². The van der Waals surface area contributed by atoms with Gasteiger partial charge in [0.2, 0.25) is 0 Å². The molecule has 34 heavy (non-hydrogen) atoms. The summed E-state index contributed by atoms with van der Waals surface area (Å²) in [6.45, 7) is 0. The van der Waals surface area contributed by atoms with Crippen LogP contribution in [0.5, 0.6) is 0 Å². The Morgan fingerprint density at radius 3 is 2.29 bits per heavy atom. The zero-order chi connectivity index (χ0) is 22.5. The average Bonchev–Trinajstić information content (AvgIpc) is 3.47. The molecule has 0 aliphatic carbocycles. The Labute approximate surface area is 196 Å². The number of pyridine rings is 2. The maximum Gasteiger partial charge on any atom is 0.138 e. The van der Waals surface area contributed by atoms with Crippen LogP contribution in [0.25, 0.3) is 55.5 Å². The lowest BCUT2D eigenvalue weighted by molar-refractivity contribution is 1.08. The summed E-state index contributed by atoms with van der Waals surface area (Å²) in [5.41, 5.74) is 6.64. The first-order valence-electron chi connectivity index (χ1n) is 11.3. The monoisotopic (exact) mass is 436 g/mol. The molecular formula is C30H20N4. The molecule has 0 amide bonds. The number of aromatic nitrogens is 4. The largest absolute Gasteiger partial charge is 0.317 e. The predicted molar refractivity (Wildman–Crippen MR) is 139 cm³/mol. The fourth-order valence-electron chi connectivity index (χ4n) is 4.89. The number of hydrogen-bond acceptors (Lipinski definition) is 2. The second-order valence-corrected chi connectivity index (χ2v) is 8.42. The van der Waals surface area contributed by atoms with Crippen LogP contribution < -0.4 is 0 Å². The number of hydrogen-bond donors (Lipinski definition) is 0. The van der Waals surface area contributed by atoms with Gasteiger partial charge in [0.15, 0.2) is 0 Å². The van der Waals surface area contributed by atoms with E-state index in [0.717, 1.165) is 33.8 Å². The Balaban J connectivity index is 1.51. The SMILES string of the molecule is c1ccc(-n2ccc3cc4c(cc32)c2ccccc2n4-c2cccc(-c3ccncc3)n2)cc1. The normalized spacial score (nSPS) is 11.5. The quantitative estimate of drug-likeness (QED) is 0.294. The van der Waals surface area contributed by atoms with E-state index in [0.29, 0.717) is 0 Å². The molecule has 4 aromatic heterocycles. The number of benzene rings is 3. The van der Waals surface area contributed by atoms with Crippen molar-refractivity contribution in [2.45, 2.75) is 0 Å². The van der Waals surface area contributed by atoms with Crippen molar-refractivity contribution in [2.75, 3.05) is 0 Å². The van der Waals surface area contributed by atoms with E-state index in [-0.39, 0.29) is 0 Å². The molecule has 3 aromatic carbocycles. The Hall–Kier alpha value is -4.70. The smallest absolute Gasteiger partial charge is 0.138 e. The zero-order valence-electron chi connectivity index (χ0n) is 18.3. The highest BCUT2D eigenvalue weighted by Crippen LogP contribution is 2.35. The van der Waals surface area contributed by atoms with Gasteiger partial charge in [0, 0.05) is 46.0 Å². The molecule has 0 aliphatic heterocycles. The zero-order valence-corrected chi connectivity index (χ0v) is 18.3. The van der Waals surface area contributed by atoms with Crippen molar-refractivity contribution >= 4 is 32.7 Å². The van der Waals surface area contributed by atoms with Crippen LogP contribution in [-0.4, -0.2) is 19.1 Å². The fourth-order valence-corrected chi connectivity index (χ4v) is 4.89. The van der Waals surface area contributed by atoms with Crippen molar-refractivity contribution < 1.29 is 0 Å². The summed E-state index contributed by atoms with van der Waals surface area (Å²) in [5.74, 6) is 0.905. The van der Waals surface area contributed by atoms with Crippen LogP contribution in [0.2, 0.25) is 0 Å². The number of rotatable bonds is 3. The molecule has 0 unspecified atom stereocenters. The van der Waals surface area contributed by atoms with Crippen LogP contribution in [0.3, 0.4) is 0 Å². The van der Waals surface area contributed by atoms with Gasteiger partial charge in [-0.1, -0.05) is 42.5 Å². The van der Waals surface area contributed by atoms with E-state index in [2.05, 4.69) is 99.2 Å². The molecule has 0 spiro atoms. The molecule has 0 saturated heterocycles. The van der Waals surface area contributed by atoms with E-state index in [1.807, 2.05) is 24.3 Å². The second kappa shape index (κ2) is 7.42. The second-order valence-electron chi connectivity index (χ2n) is 8.42. The summed E-state index contributed by atoms with van der Waals surface area (Å²) in [4.78, 5) is 9.19. The highest BCUT2D eigenvalue weighted by Gasteiger charge is 2.16. The number of para-hydroxylation sites is 2. The molecule has 0 saturated carbocycles. The van der Waals surface area contributed by atoms with Crippen molar-refractivity contribution in [3.63, 3.8) is 0 Å². The third-order valence-corrected chi connectivity index (χ3v) is 6.46. The molecule has 0 fully saturated rings. The van der Waals surface area contributed by atoms with Gasteiger partial charge in [0.05, 0.1) is 22.2 Å². The lowest BCUT2D eigenvalue weighted by Crippen LogP contribution is -1.98. The van der Waals surface area contributed by atoms with Gasteiger partial charge in [-0.15, -0.1) is 0 Å². The van der Waals surface area contributed by atoms with E-state index >= 15 is 0 Å². The lowest BCUT2D eigenvalue weighted by atomic mass is 10.1. The van der Waals surface area contributed by atoms with E-state index < -0.39 is 0 Å². The summed E-state index contributed by atoms with van der Waals surface area (Å²) in [7, 11) is 0. The summed E-state index contributed by atoms with van der Waals surface area (Å²) >= 11 is 0. The standard InChI is InChI=1S/C30H20N4/c1-2-7-23(8-3-1)33-18-15-22-19-29-25(20-28(22)33)24-9-4-5-11-27(24)34(29)30-12-6-10-26(32-30)21-13-16-31-17-14-21/h1-20H. The van der Waals surface area contributed by atoms with Crippen LogP contribution in [0.4, 0.5) is 0 Å². The van der Waals surface area contributed by atoms with Crippen molar-refractivity contribution in [3.05, 3.63) is 122 Å². The summed E-state index contributed by atoms with van der Waals surface area (Å²) in [6, 6.07) is 36.0. The van der Waals surface area contributed by atoms with E-state index in [4.69, 9.17) is 4.98 Å². The van der Waals surface area contributed by atoms with Gasteiger partial charge in [-0.25, -0.2) is 4.98 Å². The molecular weight excluding hydrogens is 416 g/mol. The van der Waals surface area contributed by atoms with Crippen molar-refractivity contribution in [1.29, 1.82) is 0 Å². The molecule has 7 aromatic rings. The molecule has 0 N–H and O–H groups in total. The summed E-state index contributed by atoms with van der Waals surface area (Å²) in [6.07, 6.45) is 5.75. The highest BCUT2D eigenvalue weighted by molar-refractivity contribution is 6.13. The topological polar surface area (TPSA) is 35.6 Å². The molecule has 0 bridgehead atoms. The van der Waals surface area contributed by atoms with E-state index in [1.165, 1.54) is 21.7 Å². The molecule has 0 atom stereocenters. The first kappa shape index (κ1) is 18.8. The van der Waals surface area contributed by atoms with Crippen molar-refractivity contribution in [3.8, 4) is 22.8 Å². The van der Waals surface area contributed by atoms with Crippen molar-refractivity contribution in [1.82, 2.24) is 19.1 Å². The molecule has 160 valence electrons. The van der Waals surface area contributed by atoms with Crippen molar-refractivity contribution in [2.24, 2.45) is 0 Å². The molecule has 0 radical (unpaired) electrons. The Bertz CT molecular complexity index is 1790. The molecule has 0 aliphatic rings. The maximum atomic E-state index is 5.05. The van der Waals surface area contributed by atoms with Gasteiger partial charge in [-0.2, -0.15) is 0 Å². The van der Waals surface area contributed by atoms with E-state index in [1.54, 1.807) is 12.4 Å². The average molecular weight is 437 g/mol. The van der Waals surface area contributed by atoms with Crippen LogP contribution in [0, 0.1) is 0 Å². The van der Waals surface area contributed by atoms with Gasteiger partial charge in [0.1, 0.15) is 5.82 Å². The Kier molecular flexibility index (Phi) is 4.11. The number of nitrogens with zero attached hydrogens (tertiary/aromatic N) is 4. The van der Waals surface area contributed by atoms with Gasteiger partial charge in [-0.3, -0.25) is 9.55 Å². The van der Waals surface area contributed by atoms with Gasteiger partial charge in [-0.05, 0) is 60.7 Å². The van der Waals surface area contributed by atoms with Gasteiger partial charge in [0.25, 0.3) is 0 Å². The summed E-state index contributed by atoms with van der Waals surface area (Å²) < 4.78 is 4.53. The Morgan fingerprint density at radius 1 is 0.588 bits per heavy atom. The number of fused-ring (bicyclic) bond motifs is 4. The van der Waals surface area contributed by atoms with Crippen LogP contribution in [0.1, 0.15) is 0 Å². The van der Waals surface area contributed by atoms with E-state index in [9.17, 15) is 0 Å². The minimum Gasteiger partial charge on any atom is -0.317 e. The maximum absolute atomic E-state index is 5.05. The van der Waals surface area contributed by atoms with Gasteiger partial charge >= 0.3 is 0 Å². The highest BCUT2D eigenvalue weighted by atomic mass is 15.1. The predicted octanol–water partition coefficient (Wildman–Crippen LogP) is 7.18. The van der Waals surface area contributed by atoms with Crippen LogP contribution >= 0.6 is 0 Å². The fraction of sp³-hybridized carbons (Fsp3) is 0. The lowest BCUT2D eigenvalue weighted by Gasteiger charge is -2.09. The molecule has 4 heteroatoms. The third-order valence-electron chi connectivity index (χ3n) is 6.46. The van der Waals surface area contributed by atoms with Crippen LogP contribution in [-0.2, 0) is 0 Å². The minimum atomic E-state index is 0.905. The molecule has 7 rings (SSSR count). The minimum absolute atomic E-state index is 0.905. The summed E-state index contributed by atoms with van der Waals surface area (Å²) in [5, 5.41) is 3.64. The first-order valence-corrected chi connectivity index (χ1v) is 11.3. The first-order chi connectivity index (χ1) is 16.9. The molecule has 4 heterocycles. The molecule has 4 nitrogen and oxygen atoms in total. The Morgan fingerprint density at radius 2 is 1.41 bits per heavy atom. The third kappa shape index (κ3) is 2.86.